The summed E-state index contributed by atoms with van der Waals surface area (Å²) in [5.74, 6) is 1.60. The lowest BCUT2D eigenvalue weighted by molar-refractivity contribution is -0.125. The molecular weight excluding hydrogens is 292 g/mol. The zero-order chi connectivity index (χ0) is 16.4. The minimum atomic E-state index is -0.544. The molecule has 1 N–H and O–H groups in total. The van der Waals surface area contributed by atoms with Crippen molar-refractivity contribution in [1.29, 1.82) is 0 Å². The summed E-state index contributed by atoms with van der Waals surface area (Å²) < 4.78 is 7.01. The summed E-state index contributed by atoms with van der Waals surface area (Å²) in [5, 5.41) is 7.78. The first kappa shape index (κ1) is 15.6. The number of carbonyl (C=O) groups excluding carboxylic acids is 1. The summed E-state index contributed by atoms with van der Waals surface area (Å²) in [4.78, 5) is 14.2. The third-order valence-electron chi connectivity index (χ3n) is 4.09. The Morgan fingerprint density at radius 2 is 2.00 bits per heavy atom. The van der Waals surface area contributed by atoms with Gasteiger partial charge in [-0.3, -0.25) is 14.4 Å². The van der Waals surface area contributed by atoms with Crippen LogP contribution in [0, 0.1) is 0 Å². The van der Waals surface area contributed by atoms with Gasteiger partial charge >= 0.3 is 0 Å². The third kappa shape index (κ3) is 3.22. The van der Waals surface area contributed by atoms with Gasteiger partial charge in [-0.05, 0) is 31.5 Å². The maximum atomic E-state index is 12.5. The third-order valence-corrected chi connectivity index (χ3v) is 4.09. The van der Waals surface area contributed by atoms with Crippen LogP contribution in [0.3, 0.4) is 0 Å². The molecule has 0 atom stereocenters. The highest BCUT2D eigenvalue weighted by Gasteiger charge is 2.36. The van der Waals surface area contributed by atoms with Crippen molar-refractivity contribution in [3.63, 3.8) is 0 Å². The molecule has 3 rings (SSSR count). The Bertz CT molecular complexity index is 691. The highest BCUT2D eigenvalue weighted by Crippen LogP contribution is 2.20. The second kappa shape index (κ2) is 6.04. The lowest BCUT2D eigenvalue weighted by Gasteiger charge is -2.36. The van der Waals surface area contributed by atoms with Gasteiger partial charge in [0.15, 0.2) is 5.82 Å². The largest absolute Gasteiger partial charge is 0.497 e. The number of ether oxygens (including phenoxy) is 1. The molecule has 2 heterocycles. The van der Waals surface area contributed by atoms with E-state index in [0.29, 0.717) is 18.9 Å². The van der Waals surface area contributed by atoms with Crippen LogP contribution in [0.1, 0.15) is 19.4 Å². The fourth-order valence-corrected chi connectivity index (χ4v) is 2.71. The Labute approximate surface area is 136 Å². The SMILES string of the molecule is COc1ccc(Cn2ccc(N3CCNC(C)(C)C3=O)n2)cc1. The number of anilines is 1. The van der Waals surface area contributed by atoms with Crippen LogP contribution in [0.25, 0.3) is 0 Å². The van der Waals surface area contributed by atoms with E-state index in [9.17, 15) is 4.79 Å². The van der Waals surface area contributed by atoms with Gasteiger partial charge in [-0.15, -0.1) is 0 Å². The topological polar surface area (TPSA) is 59.4 Å². The summed E-state index contributed by atoms with van der Waals surface area (Å²) in [6.45, 7) is 5.87. The van der Waals surface area contributed by atoms with E-state index in [1.54, 1.807) is 12.0 Å². The van der Waals surface area contributed by atoms with E-state index in [1.165, 1.54) is 0 Å². The predicted octanol–water partition coefficient (Wildman–Crippen LogP) is 1.65. The summed E-state index contributed by atoms with van der Waals surface area (Å²) in [6.07, 6.45) is 1.90. The van der Waals surface area contributed by atoms with Gasteiger partial charge < -0.3 is 10.1 Å². The molecule has 2 aromatic rings. The number of benzene rings is 1. The van der Waals surface area contributed by atoms with Gasteiger partial charge in [0.2, 0.25) is 5.91 Å². The molecule has 6 heteroatoms. The molecule has 1 fully saturated rings. The van der Waals surface area contributed by atoms with Crippen molar-refractivity contribution in [2.24, 2.45) is 0 Å². The van der Waals surface area contributed by atoms with Crippen LogP contribution in [0.2, 0.25) is 0 Å². The van der Waals surface area contributed by atoms with Crippen molar-refractivity contribution in [3.8, 4) is 5.75 Å². The average molecular weight is 314 g/mol. The Hall–Kier alpha value is -2.34. The van der Waals surface area contributed by atoms with Crippen LogP contribution in [-0.4, -0.2) is 41.4 Å². The molecule has 0 bridgehead atoms. The van der Waals surface area contributed by atoms with Crippen LogP contribution < -0.4 is 15.0 Å². The lowest BCUT2D eigenvalue weighted by Crippen LogP contribution is -2.61. The second-order valence-electron chi connectivity index (χ2n) is 6.23. The van der Waals surface area contributed by atoms with Gasteiger partial charge in [-0.25, -0.2) is 0 Å². The number of aromatic nitrogens is 2. The maximum absolute atomic E-state index is 12.5. The molecule has 1 aliphatic rings. The number of nitrogens with zero attached hydrogens (tertiary/aromatic N) is 3. The van der Waals surface area contributed by atoms with Crippen LogP contribution >= 0.6 is 0 Å². The number of hydrogen-bond acceptors (Lipinski definition) is 4. The first-order chi connectivity index (χ1) is 11.0. The highest BCUT2D eigenvalue weighted by atomic mass is 16.5. The molecular formula is C17H22N4O2. The first-order valence-corrected chi connectivity index (χ1v) is 7.73. The van der Waals surface area contributed by atoms with Crippen LogP contribution in [0.5, 0.6) is 5.75 Å². The van der Waals surface area contributed by atoms with E-state index in [2.05, 4.69) is 10.4 Å². The quantitative estimate of drug-likeness (QED) is 0.932. The van der Waals surface area contributed by atoms with Crippen molar-refractivity contribution in [1.82, 2.24) is 15.1 Å². The normalized spacial score (nSPS) is 17.3. The Morgan fingerprint density at radius 1 is 1.26 bits per heavy atom. The van der Waals surface area contributed by atoms with E-state index in [4.69, 9.17) is 4.74 Å². The summed E-state index contributed by atoms with van der Waals surface area (Å²) in [6, 6.07) is 9.78. The van der Waals surface area contributed by atoms with Crippen LogP contribution in [0.15, 0.2) is 36.5 Å². The van der Waals surface area contributed by atoms with Crippen molar-refractivity contribution in [2.45, 2.75) is 25.9 Å². The molecule has 0 aliphatic carbocycles. The number of carbonyl (C=O) groups is 1. The van der Waals surface area contributed by atoms with E-state index >= 15 is 0 Å². The Balaban J connectivity index is 1.73. The summed E-state index contributed by atoms with van der Waals surface area (Å²) in [7, 11) is 1.65. The zero-order valence-electron chi connectivity index (χ0n) is 13.7. The van der Waals surface area contributed by atoms with Gasteiger partial charge in [-0.1, -0.05) is 12.1 Å². The van der Waals surface area contributed by atoms with Crippen molar-refractivity contribution in [2.75, 3.05) is 25.1 Å². The maximum Gasteiger partial charge on any atom is 0.247 e. The monoisotopic (exact) mass is 314 g/mol. The predicted molar refractivity (Wildman–Crippen MR) is 88.8 cm³/mol. The van der Waals surface area contributed by atoms with Crippen molar-refractivity contribution in [3.05, 3.63) is 42.1 Å². The number of hydrogen-bond donors (Lipinski definition) is 1. The van der Waals surface area contributed by atoms with Crippen LogP contribution in [-0.2, 0) is 11.3 Å². The van der Waals surface area contributed by atoms with E-state index < -0.39 is 5.54 Å². The summed E-state index contributed by atoms with van der Waals surface area (Å²) >= 11 is 0. The van der Waals surface area contributed by atoms with Gasteiger partial charge in [0, 0.05) is 25.4 Å². The number of amides is 1. The van der Waals surface area contributed by atoms with Crippen molar-refractivity contribution >= 4 is 11.7 Å². The number of piperazine rings is 1. The minimum absolute atomic E-state index is 0.0541. The molecule has 23 heavy (non-hydrogen) atoms. The van der Waals surface area contributed by atoms with E-state index in [-0.39, 0.29) is 5.91 Å². The van der Waals surface area contributed by atoms with Gasteiger partial charge in [0.05, 0.1) is 19.2 Å². The molecule has 1 amide bonds. The average Bonchev–Trinajstić information content (AvgIpc) is 2.99. The summed E-state index contributed by atoms with van der Waals surface area (Å²) in [5.41, 5.74) is 0.588. The molecule has 0 spiro atoms. The molecule has 6 nitrogen and oxygen atoms in total. The smallest absolute Gasteiger partial charge is 0.247 e. The number of nitrogens with one attached hydrogen (secondary N) is 1. The minimum Gasteiger partial charge on any atom is -0.497 e. The van der Waals surface area contributed by atoms with Crippen LogP contribution in [0.4, 0.5) is 5.82 Å². The fraction of sp³-hybridized carbons (Fsp3) is 0.412. The molecule has 1 saturated heterocycles. The molecule has 122 valence electrons. The Morgan fingerprint density at radius 3 is 2.70 bits per heavy atom. The zero-order valence-corrected chi connectivity index (χ0v) is 13.7. The molecule has 1 aliphatic heterocycles. The van der Waals surface area contributed by atoms with Gasteiger partial charge in [0.25, 0.3) is 0 Å². The molecule has 0 unspecified atom stereocenters. The van der Waals surface area contributed by atoms with E-state index in [1.807, 2.05) is 55.1 Å². The second-order valence-corrected chi connectivity index (χ2v) is 6.23. The Kier molecular flexibility index (Phi) is 4.09. The first-order valence-electron chi connectivity index (χ1n) is 7.73. The number of rotatable bonds is 4. The van der Waals surface area contributed by atoms with Crippen molar-refractivity contribution < 1.29 is 9.53 Å². The fourth-order valence-electron chi connectivity index (χ4n) is 2.71. The van der Waals surface area contributed by atoms with Gasteiger partial charge in [0.1, 0.15) is 5.75 Å². The standard InChI is InChI=1S/C17H22N4O2/c1-17(2)16(22)21(11-9-18-17)15-8-10-20(19-15)12-13-4-6-14(23-3)7-5-13/h4-8,10,18H,9,11-12H2,1-3H3. The number of methoxy groups -OCH3 is 1. The van der Waals surface area contributed by atoms with E-state index in [0.717, 1.165) is 17.9 Å². The molecule has 0 saturated carbocycles. The molecule has 0 radical (unpaired) electrons. The highest BCUT2D eigenvalue weighted by molar-refractivity contribution is 5.99. The molecule has 1 aromatic carbocycles. The molecule has 1 aromatic heterocycles. The van der Waals surface area contributed by atoms with Gasteiger partial charge in [-0.2, -0.15) is 5.10 Å². The lowest BCUT2D eigenvalue weighted by atomic mass is 10.0.